The molecule has 3 N–H and O–H groups in total. The smallest absolute Gasteiger partial charge is 0.328 e. The summed E-state index contributed by atoms with van der Waals surface area (Å²) in [5.74, 6) is -1.93. The molecule has 2 atom stereocenters. The number of rotatable bonds is 1. The predicted octanol–water partition coefficient (Wildman–Crippen LogP) is 1.60. The van der Waals surface area contributed by atoms with Gasteiger partial charge < -0.3 is 14.9 Å². The molecule has 0 radical (unpaired) electrons. The number of ketones is 1. The van der Waals surface area contributed by atoms with E-state index in [0.717, 1.165) is 12.0 Å². The van der Waals surface area contributed by atoms with Crippen molar-refractivity contribution in [2.24, 2.45) is 0 Å². The van der Waals surface area contributed by atoms with E-state index in [-0.39, 0.29) is 0 Å². The van der Waals surface area contributed by atoms with E-state index < -0.39 is 17.2 Å². The van der Waals surface area contributed by atoms with E-state index in [4.69, 9.17) is 9.84 Å². The van der Waals surface area contributed by atoms with Gasteiger partial charge in [0.15, 0.2) is 0 Å². The molecule has 0 saturated heterocycles. The molecule has 0 saturated carbocycles. The number of hydrogen-bond acceptors (Lipinski definition) is 3. The number of carbonyl (C=O) groups is 1. The highest BCUT2D eigenvalue weighted by Crippen LogP contribution is 2.57. The fourth-order valence-electron chi connectivity index (χ4n) is 3.31. The normalized spacial score (nSPS) is 28.8. The third-order valence-electron chi connectivity index (χ3n) is 4.50. The number of Topliss-reactive ketones (excluding diaryl/α,β-unsaturated/α-hetero) is 1. The SMILES string of the molecule is CCc1ccc2c(c1)C1([OH2+])C(=O)c3ccccc3C1(O)O2. The minimum absolute atomic E-state index is 0.363. The van der Waals surface area contributed by atoms with Gasteiger partial charge in [0, 0.05) is 11.1 Å². The van der Waals surface area contributed by atoms with Gasteiger partial charge in [-0.1, -0.05) is 37.3 Å². The third-order valence-corrected chi connectivity index (χ3v) is 4.50. The van der Waals surface area contributed by atoms with Crippen molar-refractivity contribution in [2.75, 3.05) is 0 Å². The molecule has 2 aromatic carbocycles. The maximum Gasteiger partial charge on any atom is 0.328 e. The second-order valence-electron chi connectivity index (χ2n) is 5.55. The minimum Gasteiger partial charge on any atom is -0.449 e. The number of carbonyl (C=O) groups excluding carboxylic acids is 1. The standard InChI is InChI=1S/C17H14O4/c1-2-10-7-8-14-13(9-10)16(19)15(18)11-5-3-4-6-12(11)17(16,20)21-14/h3-9,19-20H,2H2,1H3/p+1. The Hall–Kier alpha value is -2.17. The Labute approximate surface area is 121 Å². The molecule has 0 bridgehead atoms. The summed E-state index contributed by atoms with van der Waals surface area (Å²) in [6.07, 6.45) is 0.795. The lowest BCUT2D eigenvalue weighted by molar-refractivity contribution is -0.224. The van der Waals surface area contributed by atoms with E-state index in [1.54, 1.807) is 36.4 Å². The summed E-state index contributed by atoms with van der Waals surface area (Å²) < 4.78 is 5.66. The van der Waals surface area contributed by atoms with E-state index in [9.17, 15) is 9.90 Å². The Kier molecular flexibility index (Phi) is 2.23. The Balaban J connectivity index is 2.02. The first-order valence-electron chi connectivity index (χ1n) is 6.96. The number of fused-ring (bicyclic) bond motifs is 5. The molecular weight excluding hydrogens is 268 g/mol. The van der Waals surface area contributed by atoms with E-state index in [2.05, 4.69) is 0 Å². The average Bonchev–Trinajstić information content (AvgIpc) is 2.84. The van der Waals surface area contributed by atoms with Crippen LogP contribution in [0.15, 0.2) is 42.5 Å². The molecule has 4 nitrogen and oxygen atoms in total. The Morgan fingerprint density at radius 3 is 2.71 bits per heavy atom. The van der Waals surface area contributed by atoms with Crippen molar-refractivity contribution < 1.29 is 19.7 Å². The summed E-state index contributed by atoms with van der Waals surface area (Å²) in [4.78, 5) is 12.7. The van der Waals surface area contributed by atoms with Crippen molar-refractivity contribution in [2.45, 2.75) is 24.7 Å². The molecule has 1 heterocycles. The molecule has 4 heteroatoms. The summed E-state index contributed by atoms with van der Waals surface area (Å²) >= 11 is 0. The van der Waals surface area contributed by atoms with Gasteiger partial charge in [0.1, 0.15) is 5.75 Å². The van der Waals surface area contributed by atoms with Gasteiger partial charge in [-0.25, -0.2) is 0 Å². The van der Waals surface area contributed by atoms with Gasteiger partial charge in [-0.05, 0) is 24.1 Å². The monoisotopic (exact) mass is 283 g/mol. The van der Waals surface area contributed by atoms with E-state index in [1.165, 1.54) is 0 Å². The first-order chi connectivity index (χ1) is 10.0. The molecule has 1 aliphatic heterocycles. The molecular formula is C17H15O4+. The molecule has 21 heavy (non-hydrogen) atoms. The van der Waals surface area contributed by atoms with Gasteiger partial charge >= 0.3 is 11.4 Å². The van der Waals surface area contributed by atoms with E-state index in [1.807, 2.05) is 13.0 Å². The molecule has 2 aromatic rings. The van der Waals surface area contributed by atoms with Gasteiger partial charge in [-0.15, -0.1) is 0 Å². The quantitative estimate of drug-likeness (QED) is 0.808. The van der Waals surface area contributed by atoms with Crippen molar-refractivity contribution in [3.63, 3.8) is 0 Å². The maximum atomic E-state index is 12.7. The van der Waals surface area contributed by atoms with Crippen molar-refractivity contribution in [3.8, 4) is 5.75 Å². The lowest BCUT2D eigenvalue weighted by Gasteiger charge is -2.24. The number of aliphatic hydroxyl groups is 1. The van der Waals surface area contributed by atoms with Crippen LogP contribution >= 0.6 is 0 Å². The highest BCUT2D eigenvalue weighted by atomic mass is 16.7. The van der Waals surface area contributed by atoms with Crippen LogP contribution in [0.4, 0.5) is 0 Å². The number of hydrogen-bond donors (Lipinski definition) is 1. The van der Waals surface area contributed by atoms with Crippen LogP contribution < -0.4 is 4.74 Å². The average molecular weight is 283 g/mol. The summed E-state index contributed by atoms with van der Waals surface area (Å²) in [6.45, 7) is 2.01. The van der Waals surface area contributed by atoms with Crippen LogP contribution in [0.1, 0.15) is 34.0 Å². The second kappa shape index (κ2) is 3.72. The number of aryl methyl sites for hydroxylation is 1. The van der Waals surface area contributed by atoms with Crippen LogP contribution in [-0.4, -0.2) is 16.0 Å². The molecule has 4 rings (SSSR count). The molecule has 106 valence electrons. The van der Waals surface area contributed by atoms with Crippen molar-refractivity contribution in [1.29, 1.82) is 0 Å². The molecule has 2 aliphatic rings. The fraction of sp³-hybridized carbons (Fsp3) is 0.235. The summed E-state index contributed by atoms with van der Waals surface area (Å²) in [7, 11) is 0. The first kappa shape index (κ1) is 12.6. The molecule has 0 amide bonds. The summed E-state index contributed by atoms with van der Waals surface area (Å²) in [6, 6.07) is 12.2. The molecule has 1 aliphatic carbocycles. The van der Waals surface area contributed by atoms with Crippen molar-refractivity contribution in [1.82, 2.24) is 0 Å². The fourth-order valence-corrected chi connectivity index (χ4v) is 3.31. The van der Waals surface area contributed by atoms with E-state index in [0.29, 0.717) is 22.4 Å². The summed E-state index contributed by atoms with van der Waals surface area (Å²) in [5, 5.41) is 19.7. The number of benzene rings is 2. The van der Waals surface area contributed by atoms with Gasteiger partial charge in [0.25, 0.3) is 5.78 Å². The van der Waals surface area contributed by atoms with Gasteiger partial charge in [-0.3, -0.25) is 4.79 Å². The molecule has 0 spiro atoms. The van der Waals surface area contributed by atoms with Gasteiger partial charge in [0.05, 0.1) is 5.56 Å². The highest BCUT2D eigenvalue weighted by Gasteiger charge is 2.75. The highest BCUT2D eigenvalue weighted by molar-refractivity contribution is 6.09. The first-order valence-corrected chi connectivity index (χ1v) is 6.96. The number of ether oxygens (including phenoxy) is 1. The van der Waals surface area contributed by atoms with Crippen LogP contribution in [0.5, 0.6) is 5.75 Å². The van der Waals surface area contributed by atoms with Crippen LogP contribution in [0.3, 0.4) is 0 Å². The van der Waals surface area contributed by atoms with Crippen molar-refractivity contribution >= 4 is 5.78 Å². The zero-order chi connectivity index (χ0) is 14.8. The molecule has 0 fully saturated rings. The summed E-state index contributed by atoms with van der Waals surface area (Å²) in [5.41, 5.74) is 0.376. The predicted molar refractivity (Wildman–Crippen MR) is 76.4 cm³/mol. The van der Waals surface area contributed by atoms with Gasteiger partial charge in [0.2, 0.25) is 0 Å². The van der Waals surface area contributed by atoms with Crippen LogP contribution in [0.2, 0.25) is 0 Å². The van der Waals surface area contributed by atoms with Crippen LogP contribution in [0.25, 0.3) is 0 Å². The van der Waals surface area contributed by atoms with Crippen molar-refractivity contribution in [3.05, 3.63) is 64.7 Å². The molecule has 2 unspecified atom stereocenters. The Morgan fingerprint density at radius 1 is 1.19 bits per heavy atom. The second-order valence-corrected chi connectivity index (χ2v) is 5.55. The van der Waals surface area contributed by atoms with Crippen LogP contribution in [0, 0.1) is 0 Å². The largest absolute Gasteiger partial charge is 0.449 e. The minimum atomic E-state index is -1.94. The van der Waals surface area contributed by atoms with Gasteiger partial charge in [-0.2, -0.15) is 0 Å². The lowest BCUT2D eigenvalue weighted by Crippen LogP contribution is -2.48. The Bertz CT molecular complexity index is 782. The van der Waals surface area contributed by atoms with Crippen LogP contribution in [-0.2, 0) is 17.8 Å². The Morgan fingerprint density at radius 2 is 1.95 bits per heavy atom. The van der Waals surface area contributed by atoms with E-state index >= 15 is 0 Å². The maximum absolute atomic E-state index is 12.7. The zero-order valence-corrected chi connectivity index (χ0v) is 11.5. The third kappa shape index (κ3) is 1.25. The topological polar surface area (TPSA) is 69.4 Å². The lowest BCUT2D eigenvalue weighted by atomic mass is 9.86. The molecule has 0 aromatic heterocycles. The zero-order valence-electron chi connectivity index (χ0n) is 11.5.